The van der Waals surface area contributed by atoms with Gasteiger partial charge in [-0.25, -0.2) is 0 Å². The number of rotatable bonds is 7. The molecule has 0 radical (unpaired) electrons. The molecule has 78 valence electrons. The van der Waals surface area contributed by atoms with Gasteiger partial charge in [-0.2, -0.15) is 11.8 Å². The number of amides is 1. The Labute approximate surface area is 85.0 Å². The summed E-state index contributed by atoms with van der Waals surface area (Å²) in [4.78, 5) is 11.2. The van der Waals surface area contributed by atoms with Gasteiger partial charge in [-0.1, -0.05) is 0 Å². The van der Waals surface area contributed by atoms with Crippen LogP contribution < -0.4 is 10.6 Å². The lowest BCUT2D eigenvalue weighted by Gasteiger charge is -2.10. The summed E-state index contributed by atoms with van der Waals surface area (Å²) >= 11 is 1.85. The lowest BCUT2D eigenvalue weighted by Crippen LogP contribution is -2.40. The van der Waals surface area contributed by atoms with Crippen LogP contribution >= 0.6 is 11.8 Å². The van der Waals surface area contributed by atoms with Gasteiger partial charge in [-0.05, 0) is 38.8 Å². The molecule has 0 aliphatic rings. The molecular weight excluding hydrogens is 184 g/mol. The quantitative estimate of drug-likeness (QED) is 0.604. The lowest BCUT2D eigenvalue weighted by atomic mass is 10.3. The third-order valence-electron chi connectivity index (χ3n) is 1.90. The van der Waals surface area contributed by atoms with Crippen molar-refractivity contribution in [3.63, 3.8) is 0 Å². The second-order valence-electron chi connectivity index (χ2n) is 3.00. The molecule has 0 aromatic heterocycles. The fourth-order valence-electron chi connectivity index (χ4n) is 0.867. The van der Waals surface area contributed by atoms with E-state index < -0.39 is 0 Å². The van der Waals surface area contributed by atoms with E-state index in [0.29, 0.717) is 0 Å². The van der Waals surface area contributed by atoms with Crippen molar-refractivity contribution in [1.82, 2.24) is 10.6 Å². The smallest absolute Gasteiger partial charge is 0.236 e. The van der Waals surface area contributed by atoms with Crippen LogP contribution in [0.4, 0.5) is 0 Å². The minimum atomic E-state index is -0.0828. The first-order valence-corrected chi connectivity index (χ1v) is 6.05. The largest absolute Gasteiger partial charge is 0.355 e. The Morgan fingerprint density at radius 1 is 1.46 bits per heavy atom. The van der Waals surface area contributed by atoms with Gasteiger partial charge in [0.15, 0.2) is 0 Å². The van der Waals surface area contributed by atoms with Crippen LogP contribution in [-0.2, 0) is 4.79 Å². The summed E-state index contributed by atoms with van der Waals surface area (Å²) in [6.45, 7) is 2.66. The zero-order valence-corrected chi connectivity index (χ0v) is 9.54. The highest BCUT2D eigenvalue weighted by molar-refractivity contribution is 7.98. The number of nitrogens with one attached hydrogen (secondary N) is 2. The number of carbonyl (C=O) groups is 1. The van der Waals surface area contributed by atoms with Gasteiger partial charge in [0.05, 0.1) is 6.04 Å². The summed E-state index contributed by atoms with van der Waals surface area (Å²) in [5.74, 6) is 1.27. The van der Waals surface area contributed by atoms with Crippen molar-refractivity contribution in [3.8, 4) is 0 Å². The zero-order valence-electron chi connectivity index (χ0n) is 8.72. The van der Waals surface area contributed by atoms with Crippen LogP contribution in [0.5, 0.6) is 0 Å². The van der Waals surface area contributed by atoms with Gasteiger partial charge in [0.1, 0.15) is 0 Å². The van der Waals surface area contributed by atoms with Crippen molar-refractivity contribution in [2.45, 2.75) is 25.8 Å². The van der Waals surface area contributed by atoms with Crippen molar-refractivity contribution in [2.75, 3.05) is 25.6 Å². The maximum absolute atomic E-state index is 11.2. The molecule has 0 fully saturated rings. The fraction of sp³-hybridized carbons (Fsp3) is 0.889. The molecule has 3 nitrogen and oxygen atoms in total. The van der Waals surface area contributed by atoms with Gasteiger partial charge >= 0.3 is 0 Å². The molecule has 0 rings (SSSR count). The lowest BCUT2D eigenvalue weighted by molar-refractivity contribution is -0.122. The van der Waals surface area contributed by atoms with Gasteiger partial charge < -0.3 is 10.6 Å². The Kier molecular flexibility index (Phi) is 8.24. The van der Waals surface area contributed by atoms with Crippen LogP contribution in [0, 0.1) is 0 Å². The zero-order chi connectivity index (χ0) is 10.1. The maximum atomic E-state index is 11.2. The van der Waals surface area contributed by atoms with Crippen LogP contribution in [0.1, 0.15) is 19.8 Å². The van der Waals surface area contributed by atoms with E-state index in [1.54, 1.807) is 7.05 Å². The summed E-state index contributed by atoms with van der Waals surface area (Å²) in [6.07, 6.45) is 4.35. The second-order valence-corrected chi connectivity index (χ2v) is 3.99. The molecule has 2 N–H and O–H groups in total. The highest BCUT2D eigenvalue weighted by Crippen LogP contribution is 1.97. The van der Waals surface area contributed by atoms with E-state index in [4.69, 9.17) is 0 Å². The number of carbonyl (C=O) groups excluding carboxylic acids is 1. The normalized spacial score (nSPS) is 12.5. The standard InChI is InChI=1S/C9H20N2OS/c1-8(10-2)9(12)11-6-4-5-7-13-3/h8,10H,4-7H2,1-3H3,(H,11,12). The van der Waals surface area contributed by atoms with Crippen molar-refractivity contribution in [3.05, 3.63) is 0 Å². The Bertz CT molecular complexity index is 142. The Morgan fingerprint density at radius 2 is 2.15 bits per heavy atom. The van der Waals surface area contributed by atoms with E-state index in [0.717, 1.165) is 13.0 Å². The van der Waals surface area contributed by atoms with E-state index in [9.17, 15) is 4.79 Å². The number of unbranched alkanes of at least 4 members (excludes halogenated alkanes) is 1. The minimum absolute atomic E-state index is 0.0828. The summed E-state index contributed by atoms with van der Waals surface area (Å²) < 4.78 is 0. The highest BCUT2D eigenvalue weighted by atomic mass is 32.2. The molecule has 13 heavy (non-hydrogen) atoms. The van der Waals surface area contributed by atoms with E-state index >= 15 is 0 Å². The number of thioether (sulfide) groups is 1. The third-order valence-corrected chi connectivity index (χ3v) is 2.60. The van der Waals surface area contributed by atoms with Crippen LogP contribution in [-0.4, -0.2) is 37.6 Å². The number of hydrogen-bond donors (Lipinski definition) is 2. The Morgan fingerprint density at radius 3 is 2.69 bits per heavy atom. The van der Waals surface area contributed by atoms with Crippen molar-refractivity contribution in [1.29, 1.82) is 0 Å². The van der Waals surface area contributed by atoms with E-state index in [-0.39, 0.29) is 11.9 Å². The number of hydrogen-bond acceptors (Lipinski definition) is 3. The van der Waals surface area contributed by atoms with Gasteiger partial charge in [0.2, 0.25) is 5.91 Å². The molecule has 0 aliphatic carbocycles. The van der Waals surface area contributed by atoms with E-state index in [2.05, 4.69) is 16.9 Å². The highest BCUT2D eigenvalue weighted by Gasteiger charge is 2.07. The van der Waals surface area contributed by atoms with Crippen LogP contribution in [0.25, 0.3) is 0 Å². The van der Waals surface area contributed by atoms with E-state index in [1.807, 2.05) is 18.7 Å². The predicted octanol–water partition coefficient (Wildman–Crippen LogP) is 0.854. The average Bonchev–Trinajstić information content (AvgIpc) is 2.16. The summed E-state index contributed by atoms with van der Waals surface area (Å²) in [6, 6.07) is -0.0828. The third kappa shape index (κ3) is 6.90. The van der Waals surface area contributed by atoms with E-state index in [1.165, 1.54) is 12.2 Å². The SMILES string of the molecule is CNC(C)C(=O)NCCCCSC. The maximum Gasteiger partial charge on any atom is 0.236 e. The molecule has 0 aliphatic heterocycles. The van der Waals surface area contributed by atoms with Crippen LogP contribution in [0.2, 0.25) is 0 Å². The summed E-state index contributed by atoms with van der Waals surface area (Å²) in [5, 5.41) is 5.78. The summed E-state index contributed by atoms with van der Waals surface area (Å²) in [7, 11) is 1.79. The molecule has 0 saturated carbocycles. The topological polar surface area (TPSA) is 41.1 Å². The molecule has 1 unspecified atom stereocenters. The monoisotopic (exact) mass is 204 g/mol. The first-order valence-electron chi connectivity index (χ1n) is 4.66. The molecule has 4 heteroatoms. The molecule has 0 saturated heterocycles. The van der Waals surface area contributed by atoms with Crippen molar-refractivity contribution in [2.24, 2.45) is 0 Å². The molecule has 0 bridgehead atoms. The van der Waals surface area contributed by atoms with Gasteiger partial charge in [0, 0.05) is 6.54 Å². The molecule has 1 amide bonds. The first-order chi connectivity index (χ1) is 6.22. The van der Waals surface area contributed by atoms with Crippen LogP contribution in [0.15, 0.2) is 0 Å². The van der Waals surface area contributed by atoms with Crippen LogP contribution in [0.3, 0.4) is 0 Å². The van der Waals surface area contributed by atoms with Gasteiger partial charge in [0.25, 0.3) is 0 Å². The first kappa shape index (κ1) is 12.8. The number of likely N-dealkylation sites (N-methyl/N-ethyl adjacent to an activating group) is 1. The summed E-state index contributed by atoms with van der Waals surface area (Å²) in [5.41, 5.74) is 0. The molecule has 0 heterocycles. The Hall–Kier alpha value is -0.220. The van der Waals surface area contributed by atoms with Gasteiger partial charge in [-0.15, -0.1) is 0 Å². The molecular formula is C9H20N2OS. The second kappa shape index (κ2) is 8.38. The van der Waals surface area contributed by atoms with Gasteiger partial charge in [-0.3, -0.25) is 4.79 Å². The Balaban J connectivity index is 3.27. The minimum Gasteiger partial charge on any atom is -0.355 e. The molecule has 0 aromatic carbocycles. The average molecular weight is 204 g/mol. The predicted molar refractivity (Wildman–Crippen MR) is 59.1 cm³/mol. The van der Waals surface area contributed by atoms with Crippen molar-refractivity contribution >= 4 is 17.7 Å². The van der Waals surface area contributed by atoms with Crippen molar-refractivity contribution < 1.29 is 4.79 Å². The molecule has 0 aromatic rings. The fourth-order valence-corrected chi connectivity index (χ4v) is 1.36. The molecule has 0 spiro atoms. The molecule has 1 atom stereocenters.